The Balaban J connectivity index is 0.927. The molecule has 4 saturated carbocycles. The molecule has 22 rings (SSSR count). The van der Waals surface area contributed by atoms with Gasteiger partial charge in [-0.25, -0.2) is 9.78 Å². The van der Waals surface area contributed by atoms with Crippen molar-refractivity contribution in [3.05, 3.63) is 140 Å². The van der Waals surface area contributed by atoms with Crippen LogP contribution in [-0.2, 0) is 33.8 Å². The number of benzene rings is 3. The number of rotatable bonds is 8. The van der Waals surface area contributed by atoms with Crippen molar-refractivity contribution in [2.24, 2.45) is 58.2 Å². The minimum absolute atomic E-state index is 0.0224. The number of aromatic nitrogens is 2. The molecule has 8 aliphatic heterocycles. The van der Waals surface area contributed by atoms with Gasteiger partial charge in [-0.15, -0.1) is 0 Å². The summed E-state index contributed by atoms with van der Waals surface area (Å²) in [4.78, 5) is 49.6. The summed E-state index contributed by atoms with van der Waals surface area (Å²) in [6.07, 6.45) is 18.5. The van der Waals surface area contributed by atoms with E-state index in [2.05, 4.69) is 63.7 Å². The summed E-state index contributed by atoms with van der Waals surface area (Å²) in [5.41, 5.74) is 0.764. The molecule has 3 aromatic heterocycles. The predicted molar refractivity (Wildman–Crippen MR) is 341 cm³/mol. The quantitative estimate of drug-likeness (QED) is 0.0504. The summed E-state index contributed by atoms with van der Waals surface area (Å²) in [6.45, 7) is 3.53. The van der Waals surface area contributed by atoms with E-state index in [1.807, 2.05) is 19.1 Å². The van der Waals surface area contributed by atoms with Crippen LogP contribution in [0.5, 0.6) is 17.2 Å². The lowest BCUT2D eigenvalue weighted by Gasteiger charge is -2.69. The van der Waals surface area contributed by atoms with E-state index >= 15 is 4.79 Å². The van der Waals surface area contributed by atoms with Crippen LogP contribution < -0.4 is 20.8 Å². The molecule has 1 amide bonds. The highest BCUT2D eigenvalue weighted by Crippen LogP contribution is 2.74. The molecule has 10 N–H and O–H groups in total. The van der Waals surface area contributed by atoms with Gasteiger partial charge in [0, 0.05) is 83.2 Å². The summed E-state index contributed by atoms with van der Waals surface area (Å²) in [5, 5.41) is 94.6. The van der Waals surface area contributed by atoms with Crippen molar-refractivity contribution < 1.29 is 59.5 Å². The van der Waals surface area contributed by atoms with E-state index in [0.717, 1.165) is 110 Å². The first-order chi connectivity index (χ1) is 44.5. The van der Waals surface area contributed by atoms with Gasteiger partial charge in [0.2, 0.25) is 5.91 Å². The van der Waals surface area contributed by atoms with Crippen LogP contribution in [0, 0.1) is 65.1 Å². The standard InChI is InChI=1S/C75H82N4O13/c1-3-55-48-31-53-38-15-21-70(22-16-38)19-4-20-72-51(33-76-69(72)87)62-39(8-14-59(70)72)27-60-74(42-9-5-37-6-12-52(78-74)47(37)29-42)50-18-24-71(73(88,68(86)65(85)58(84)35-80)32-40-7-13-56(82)44-11-10-43(81)30-46(40)44)23-17-45(50)63(62)75(60)61(91-92-71)28-41-26-49-57(83)25-36(2)89-67(49)64(66(41)90-75)79(55)34-54(48)77-53/h7,10-11,13,15,18,21,24-27,30-31,34,37-38,42,47,51-52,58-63,65,68,77-78,80-82,84-86,88H,3-6,8-9,12,14,16-17,19-20,22-23,28-29,32-33,35H2,1-2H3,(H,76,87)/t37-,38-,42+,47+,51-,52-,58-,59+,60-,61-,62-,63-,65-,68+,70+,71-,72-,73-,74+,75+/m1/s1. The maximum Gasteiger partial charge on any atom is 0.226 e. The van der Waals surface area contributed by atoms with Crippen molar-refractivity contribution in [3.8, 4) is 22.9 Å². The lowest BCUT2D eigenvalue weighted by molar-refractivity contribution is -0.430. The van der Waals surface area contributed by atoms with Crippen LogP contribution in [0.2, 0.25) is 0 Å². The first-order valence-corrected chi connectivity index (χ1v) is 34.5. The van der Waals surface area contributed by atoms with Gasteiger partial charge >= 0.3 is 0 Å². The van der Waals surface area contributed by atoms with Gasteiger partial charge in [0.05, 0.1) is 28.5 Å². The average Bonchev–Trinajstić information content (AvgIpc) is 0.968. The van der Waals surface area contributed by atoms with E-state index in [4.69, 9.17) is 18.9 Å². The van der Waals surface area contributed by atoms with E-state index < -0.39 is 77.0 Å². The molecule has 20 atom stereocenters. The number of ether oxygens (including phenoxy) is 1. The number of H-pyrrole nitrogens is 1. The second-order valence-electron chi connectivity index (χ2n) is 30.8. The van der Waals surface area contributed by atoms with Crippen LogP contribution in [0.4, 0.5) is 0 Å². The van der Waals surface area contributed by atoms with Gasteiger partial charge < -0.3 is 65.1 Å². The summed E-state index contributed by atoms with van der Waals surface area (Å²) >= 11 is 0. The number of phenolic OH excluding ortho intramolecular Hbond substituents is 2. The molecule has 17 heteroatoms. The molecule has 4 spiro atoms. The molecular weight excluding hydrogens is 1160 g/mol. The number of fused-ring (bicyclic) bond motifs is 8. The minimum Gasteiger partial charge on any atom is -0.508 e. The first kappa shape index (κ1) is 57.0. The Bertz CT molecular complexity index is 4400. The number of nitrogens with zero attached hydrogens (tertiary/aromatic N) is 1. The SMILES string of the molecule is CCc1c2cc3[nH]c2cn1-c1c2c(cc4c(=O)cc(C)oc14)C[C@H]1OO[C@@]4([C@@](O)(Cc5ccc(O)c6ccc(O)cc56)[C@@H](O)[C@H](O)[C@H](O)CO)C=CC5=C(CC4)[C@@H]4[C@@H]6C(=C[C@H]([C@@]57N[C@@H]5CC[C@H]8CC[C@H]7C[C@@H]85)[C@@]41O2)CC[C@H]1[C@]2(C=C[C@@H]3CC2)CCC[C@]12C(=O)NC[C@H]62. The van der Waals surface area contributed by atoms with Crippen LogP contribution in [0.15, 0.2) is 111 Å². The topological polar surface area (TPSA) is 261 Å². The molecule has 0 unspecified atom stereocenters. The Hall–Kier alpha value is -6.54. The largest absolute Gasteiger partial charge is 0.508 e. The number of allylic oxidation sites excluding steroid dienone is 3. The van der Waals surface area contributed by atoms with Gasteiger partial charge in [0.15, 0.2) is 28.0 Å². The number of aliphatic hydroxyl groups is 5. The lowest BCUT2D eigenvalue weighted by atomic mass is 9.41. The molecule has 3 saturated heterocycles. The average molecular weight is 1250 g/mol. The Labute approximate surface area is 532 Å². The number of aliphatic hydroxyl groups excluding tert-OH is 4. The Morgan fingerprint density at radius 1 is 0.902 bits per heavy atom. The van der Waals surface area contributed by atoms with Gasteiger partial charge in [-0.3, -0.25) is 9.59 Å². The number of carbonyl (C=O) groups excluding carboxylic acids is 1. The number of aromatic amines is 1. The van der Waals surface area contributed by atoms with Crippen LogP contribution in [-0.4, -0.2) is 117 Å². The molecule has 8 aliphatic carbocycles. The van der Waals surface area contributed by atoms with Crippen molar-refractivity contribution >= 4 is 38.6 Å². The molecule has 480 valence electrons. The Morgan fingerprint density at radius 2 is 1.77 bits per heavy atom. The second kappa shape index (κ2) is 19.3. The highest BCUT2D eigenvalue weighted by atomic mass is 17.2. The number of hydrogen-bond acceptors (Lipinski definition) is 14. The van der Waals surface area contributed by atoms with Gasteiger partial charge in [-0.05, 0) is 197 Å². The predicted octanol–water partition coefficient (Wildman–Crippen LogP) is 9.04. The molecule has 11 heterocycles. The monoisotopic (exact) mass is 1250 g/mol. The highest BCUT2D eigenvalue weighted by Gasteiger charge is 2.78. The van der Waals surface area contributed by atoms with Crippen LogP contribution in [0.1, 0.15) is 131 Å². The summed E-state index contributed by atoms with van der Waals surface area (Å²) in [7, 11) is 0. The fraction of sp³-hybridized carbons (Fsp3) is 0.547. The summed E-state index contributed by atoms with van der Waals surface area (Å²) in [6, 6.07) is 13.6. The fourth-order valence-electron chi connectivity index (χ4n) is 23.6. The smallest absolute Gasteiger partial charge is 0.226 e. The first-order valence-electron chi connectivity index (χ1n) is 34.5. The Kier molecular flexibility index (Phi) is 12.0. The van der Waals surface area contributed by atoms with Crippen molar-refractivity contribution in [2.75, 3.05) is 13.2 Å². The maximum absolute atomic E-state index is 15.9. The van der Waals surface area contributed by atoms with Crippen molar-refractivity contribution in [1.82, 2.24) is 20.2 Å². The lowest BCUT2D eigenvalue weighted by Crippen LogP contribution is -2.79. The van der Waals surface area contributed by atoms with E-state index in [9.17, 15) is 40.5 Å². The number of phenols is 2. The number of aromatic hydroxyl groups is 2. The van der Waals surface area contributed by atoms with Crippen LogP contribution >= 0.6 is 0 Å². The van der Waals surface area contributed by atoms with E-state index in [-0.39, 0.29) is 83.1 Å². The molecule has 92 heavy (non-hydrogen) atoms. The van der Waals surface area contributed by atoms with Crippen molar-refractivity contribution in [2.45, 2.75) is 182 Å². The summed E-state index contributed by atoms with van der Waals surface area (Å²) < 4.78 is 17.9. The van der Waals surface area contributed by atoms with Gasteiger partial charge in [-0.1, -0.05) is 54.9 Å². The molecule has 6 aromatic rings. The van der Waals surface area contributed by atoms with Crippen molar-refractivity contribution in [1.29, 1.82) is 0 Å². The molecular formula is C75H82N4O13. The third-order valence-electron chi connectivity index (χ3n) is 27.4. The van der Waals surface area contributed by atoms with Gasteiger partial charge in [0.1, 0.15) is 53.0 Å². The number of hydrogen-bond donors (Lipinski definition) is 10. The molecule has 0 radical (unpaired) electrons. The van der Waals surface area contributed by atoms with E-state index in [0.29, 0.717) is 74.9 Å². The summed E-state index contributed by atoms with van der Waals surface area (Å²) in [5.74, 6) is 1.00. The third-order valence-corrected chi connectivity index (χ3v) is 27.4. The molecule has 16 aliphatic rings. The fourth-order valence-corrected chi connectivity index (χ4v) is 23.6. The number of nitrogens with one attached hydrogen (secondary N) is 3. The number of amides is 1. The molecule has 17 nitrogen and oxygen atoms in total. The number of carbonyl (C=O) groups is 1. The van der Waals surface area contributed by atoms with Crippen LogP contribution in [0.25, 0.3) is 38.3 Å². The normalized spacial score (nSPS) is 38.9. The van der Waals surface area contributed by atoms with E-state index in [1.54, 1.807) is 12.1 Å². The highest BCUT2D eigenvalue weighted by molar-refractivity contribution is 5.94. The minimum atomic E-state index is -2.63. The van der Waals surface area contributed by atoms with Gasteiger partial charge in [0.25, 0.3) is 0 Å². The number of piperidine rings is 1. The Morgan fingerprint density at radius 3 is 2.61 bits per heavy atom. The van der Waals surface area contributed by atoms with Crippen molar-refractivity contribution in [3.63, 3.8) is 0 Å². The zero-order valence-electron chi connectivity index (χ0n) is 52.1. The molecule has 17 bridgehead atoms. The maximum atomic E-state index is 15.9. The molecule has 7 fully saturated rings. The molecule has 3 aromatic carbocycles. The van der Waals surface area contributed by atoms with Gasteiger partial charge in [-0.2, -0.15) is 0 Å². The third kappa shape index (κ3) is 7.06. The second-order valence-corrected chi connectivity index (χ2v) is 30.8. The van der Waals surface area contributed by atoms with Crippen LogP contribution in [0.3, 0.4) is 0 Å². The zero-order valence-corrected chi connectivity index (χ0v) is 52.1. The number of aryl methyl sites for hydroxylation is 2. The zero-order chi connectivity index (χ0) is 62.5. The van der Waals surface area contributed by atoms with E-state index in [1.165, 1.54) is 29.8 Å².